The van der Waals surface area contributed by atoms with Gasteiger partial charge < -0.3 is 5.73 Å². The summed E-state index contributed by atoms with van der Waals surface area (Å²) in [6.07, 6.45) is 3.16. The summed E-state index contributed by atoms with van der Waals surface area (Å²) >= 11 is 5.81. The molecule has 0 saturated heterocycles. The largest absolute Gasteiger partial charge is 0.396 e. The Balaban J connectivity index is 3.21. The molecule has 2 N–H and O–H groups in total. The van der Waals surface area contributed by atoms with Gasteiger partial charge >= 0.3 is 0 Å². The Morgan fingerprint density at radius 2 is 1.71 bits per heavy atom. The first-order valence-electron chi connectivity index (χ1n) is 7.09. The summed E-state index contributed by atoms with van der Waals surface area (Å²) < 4.78 is 40.7. The Morgan fingerprint density at radius 3 is 2.19 bits per heavy atom. The van der Waals surface area contributed by atoms with Crippen LogP contribution in [0.25, 0.3) is 0 Å². The minimum Gasteiger partial charge on any atom is -0.396 e. The van der Waals surface area contributed by atoms with Gasteiger partial charge in [-0.15, -0.1) is 0 Å². The summed E-state index contributed by atoms with van der Waals surface area (Å²) in [5.74, 6) is -0.933. The highest BCUT2D eigenvalue weighted by molar-refractivity contribution is 7.89. The van der Waals surface area contributed by atoms with Gasteiger partial charge in [-0.05, 0) is 25.0 Å². The van der Waals surface area contributed by atoms with Crippen LogP contribution in [-0.2, 0) is 10.0 Å². The van der Waals surface area contributed by atoms with Gasteiger partial charge in [0.25, 0.3) is 0 Å². The fraction of sp³-hybridized carbons (Fsp3) is 0.571. The van der Waals surface area contributed by atoms with Crippen LogP contribution in [0.3, 0.4) is 0 Å². The molecule has 4 nitrogen and oxygen atoms in total. The molecular formula is C14H22ClFN2O2S. The van der Waals surface area contributed by atoms with Gasteiger partial charge in [0, 0.05) is 18.1 Å². The molecule has 0 heterocycles. The van der Waals surface area contributed by atoms with Crippen molar-refractivity contribution in [3.05, 3.63) is 23.0 Å². The molecule has 0 aliphatic carbocycles. The van der Waals surface area contributed by atoms with Crippen LogP contribution in [0.1, 0.15) is 39.5 Å². The smallest absolute Gasteiger partial charge is 0.246 e. The molecule has 0 bridgehead atoms. The van der Waals surface area contributed by atoms with E-state index in [9.17, 15) is 12.8 Å². The molecule has 0 radical (unpaired) electrons. The predicted octanol–water partition coefficient (Wildman–Crippen LogP) is 3.65. The highest BCUT2D eigenvalue weighted by Crippen LogP contribution is 2.28. The topological polar surface area (TPSA) is 63.4 Å². The van der Waals surface area contributed by atoms with Crippen molar-refractivity contribution < 1.29 is 12.8 Å². The van der Waals surface area contributed by atoms with Crippen LogP contribution in [0.2, 0.25) is 5.02 Å². The Labute approximate surface area is 131 Å². The van der Waals surface area contributed by atoms with Gasteiger partial charge in [0.15, 0.2) is 5.82 Å². The van der Waals surface area contributed by atoms with E-state index in [4.69, 9.17) is 17.3 Å². The molecule has 0 amide bonds. The Hall–Kier alpha value is -0.850. The third kappa shape index (κ3) is 4.56. The highest BCUT2D eigenvalue weighted by atomic mass is 35.5. The number of nitrogens with two attached hydrogens (primary N) is 1. The van der Waals surface area contributed by atoms with E-state index in [1.54, 1.807) is 0 Å². The minimum absolute atomic E-state index is 0.110. The van der Waals surface area contributed by atoms with Crippen molar-refractivity contribution in [3.8, 4) is 0 Å². The van der Waals surface area contributed by atoms with Gasteiger partial charge in [-0.25, -0.2) is 12.8 Å². The molecule has 0 aliphatic rings. The standard InChI is InChI=1S/C14H22ClFN2O2S/c1-3-5-7-18(8-6-4-2)21(19,20)13-10-11(15)9-12(17)14(13)16/h9-10H,3-8,17H2,1-2H3. The number of sulfonamides is 1. The lowest BCUT2D eigenvalue weighted by Crippen LogP contribution is -2.33. The molecule has 0 atom stereocenters. The van der Waals surface area contributed by atoms with E-state index in [0.29, 0.717) is 13.1 Å². The van der Waals surface area contributed by atoms with Crippen LogP contribution in [0.4, 0.5) is 10.1 Å². The predicted molar refractivity (Wildman–Crippen MR) is 84.4 cm³/mol. The number of nitrogen functional groups attached to an aromatic ring is 1. The lowest BCUT2D eigenvalue weighted by molar-refractivity contribution is 0.392. The zero-order valence-electron chi connectivity index (χ0n) is 12.4. The summed E-state index contributed by atoms with van der Waals surface area (Å²) in [6.45, 7) is 4.68. The minimum atomic E-state index is -3.93. The summed E-state index contributed by atoms with van der Waals surface area (Å²) in [6, 6.07) is 2.33. The summed E-state index contributed by atoms with van der Waals surface area (Å²) in [5, 5.41) is 0.110. The highest BCUT2D eigenvalue weighted by Gasteiger charge is 2.28. The second kappa shape index (κ2) is 7.96. The van der Waals surface area contributed by atoms with Crippen LogP contribution in [-0.4, -0.2) is 25.8 Å². The van der Waals surface area contributed by atoms with Gasteiger partial charge in [-0.1, -0.05) is 38.3 Å². The number of nitrogens with zero attached hydrogens (tertiary/aromatic N) is 1. The molecular weight excluding hydrogens is 315 g/mol. The quantitative estimate of drug-likeness (QED) is 0.737. The monoisotopic (exact) mass is 336 g/mol. The average molecular weight is 337 g/mol. The number of rotatable bonds is 8. The van der Waals surface area contributed by atoms with Crippen molar-refractivity contribution in [2.75, 3.05) is 18.8 Å². The van der Waals surface area contributed by atoms with E-state index in [-0.39, 0.29) is 10.7 Å². The fourth-order valence-corrected chi connectivity index (χ4v) is 3.86. The Kier molecular flexibility index (Phi) is 6.90. The fourth-order valence-electron chi connectivity index (χ4n) is 1.93. The first kappa shape index (κ1) is 18.2. The molecule has 0 aromatic heterocycles. The number of hydrogen-bond donors (Lipinski definition) is 1. The Morgan fingerprint density at radius 1 is 1.19 bits per heavy atom. The molecule has 0 fully saturated rings. The number of anilines is 1. The number of halogens is 2. The van der Waals surface area contributed by atoms with E-state index in [0.717, 1.165) is 31.7 Å². The lowest BCUT2D eigenvalue weighted by atomic mass is 10.3. The second-order valence-electron chi connectivity index (χ2n) is 4.92. The first-order valence-corrected chi connectivity index (χ1v) is 8.91. The zero-order chi connectivity index (χ0) is 16.0. The molecule has 0 unspecified atom stereocenters. The lowest BCUT2D eigenvalue weighted by Gasteiger charge is -2.22. The van der Waals surface area contributed by atoms with Gasteiger partial charge in [-0.2, -0.15) is 4.31 Å². The van der Waals surface area contributed by atoms with E-state index in [1.165, 1.54) is 10.4 Å². The van der Waals surface area contributed by atoms with Crippen LogP contribution >= 0.6 is 11.6 Å². The Bertz CT molecular complexity index is 571. The maximum Gasteiger partial charge on any atom is 0.246 e. The van der Waals surface area contributed by atoms with Crippen molar-refractivity contribution in [2.45, 2.75) is 44.4 Å². The van der Waals surface area contributed by atoms with E-state index >= 15 is 0 Å². The third-order valence-electron chi connectivity index (χ3n) is 3.17. The molecule has 0 spiro atoms. The van der Waals surface area contributed by atoms with Gasteiger partial charge in [-0.3, -0.25) is 0 Å². The van der Waals surface area contributed by atoms with Crippen LogP contribution in [0.15, 0.2) is 17.0 Å². The van der Waals surface area contributed by atoms with Crippen LogP contribution in [0.5, 0.6) is 0 Å². The number of hydrogen-bond acceptors (Lipinski definition) is 3. The average Bonchev–Trinajstić information content (AvgIpc) is 2.42. The molecule has 0 aliphatic heterocycles. The van der Waals surface area contributed by atoms with E-state index < -0.39 is 20.7 Å². The van der Waals surface area contributed by atoms with Crippen molar-refractivity contribution in [1.82, 2.24) is 4.31 Å². The van der Waals surface area contributed by atoms with Crippen LogP contribution in [0, 0.1) is 5.82 Å². The van der Waals surface area contributed by atoms with Crippen molar-refractivity contribution in [2.24, 2.45) is 0 Å². The van der Waals surface area contributed by atoms with Crippen molar-refractivity contribution >= 4 is 27.3 Å². The second-order valence-corrected chi connectivity index (χ2v) is 7.26. The normalized spacial score (nSPS) is 12.0. The van der Waals surface area contributed by atoms with Crippen molar-refractivity contribution in [1.29, 1.82) is 0 Å². The molecule has 1 rings (SSSR count). The number of benzene rings is 1. The van der Waals surface area contributed by atoms with E-state index in [1.807, 2.05) is 13.8 Å². The third-order valence-corrected chi connectivity index (χ3v) is 5.29. The molecule has 1 aromatic rings. The summed E-state index contributed by atoms with van der Waals surface area (Å²) in [4.78, 5) is -0.445. The maximum absolute atomic E-state index is 14.1. The summed E-state index contributed by atoms with van der Waals surface area (Å²) in [5.41, 5.74) is 5.22. The zero-order valence-corrected chi connectivity index (χ0v) is 14.0. The van der Waals surface area contributed by atoms with E-state index in [2.05, 4.69) is 0 Å². The SMILES string of the molecule is CCCCN(CCCC)S(=O)(=O)c1cc(Cl)cc(N)c1F. The van der Waals surface area contributed by atoms with Gasteiger partial charge in [0.2, 0.25) is 10.0 Å². The maximum atomic E-state index is 14.1. The molecule has 7 heteroatoms. The van der Waals surface area contributed by atoms with Crippen molar-refractivity contribution in [3.63, 3.8) is 0 Å². The summed E-state index contributed by atoms with van der Waals surface area (Å²) in [7, 11) is -3.93. The molecule has 21 heavy (non-hydrogen) atoms. The van der Waals surface area contributed by atoms with Gasteiger partial charge in [0.05, 0.1) is 5.69 Å². The van der Waals surface area contributed by atoms with Crippen LogP contribution < -0.4 is 5.73 Å². The number of unbranched alkanes of at least 4 members (excludes halogenated alkanes) is 2. The molecule has 120 valence electrons. The first-order chi connectivity index (χ1) is 9.84. The van der Waals surface area contributed by atoms with Gasteiger partial charge in [0.1, 0.15) is 4.90 Å². The molecule has 1 aromatic carbocycles. The molecule has 0 saturated carbocycles.